The van der Waals surface area contributed by atoms with Gasteiger partial charge in [0.25, 0.3) is 0 Å². The molecule has 1 N–H and O–H groups in total. The first-order valence-corrected chi connectivity index (χ1v) is 7.99. The normalized spacial score (nSPS) is 13.1. The number of methoxy groups -OCH3 is 1. The molecule has 0 aliphatic carbocycles. The number of nitrogens with one attached hydrogen (secondary N) is 1. The minimum absolute atomic E-state index is 0.103. The van der Waals surface area contributed by atoms with E-state index in [1.54, 1.807) is 7.11 Å². The summed E-state index contributed by atoms with van der Waals surface area (Å²) >= 11 is 0. The maximum atomic E-state index is 12.4. The highest BCUT2D eigenvalue weighted by molar-refractivity contribution is 5.93. The van der Waals surface area contributed by atoms with Crippen LogP contribution in [0.3, 0.4) is 0 Å². The molecule has 1 amide bonds. The van der Waals surface area contributed by atoms with E-state index in [1.807, 2.05) is 43.3 Å². The predicted octanol–water partition coefficient (Wildman–Crippen LogP) is 3.35. The van der Waals surface area contributed by atoms with Crippen LogP contribution >= 0.6 is 0 Å². The number of carbonyl (C=O) groups is 1. The molecule has 5 nitrogen and oxygen atoms in total. The first-order chi connectivity index (χ1) is 11.7. The predicted molar refractivity (Wildman–Crippen MR) is 92.1 cm³/mol. The largest absolute Gasteiger partial charge is 0.495 e. The Morgan fingerprint density at radius 3 is 2.71 bits per heavy atom. The van der Waals surface area contributed by atoms with Crippen molar-refractivity contribution in [2.24, 2.45) is 0 Å². The van der Waals surface area contributed by atoms with Crippen molar-refractivity contribution >= 4 is 11.6 Å². The minimum Gasteiger partial charge on any atom is -0.495 e. The van der Waals surface area contributed by atoms with E-state index < -0.39 is 0 Å². The zero-order valence-electron chi connectivity index (χ0n) is 13.9. The molecule has 0 spiro atoms. The van der Waals surface area contributed by atoms with Gasteiger partial charge in [0.15, 0.2) is 11.5 Å². The van der Waals surface area contributed by atoms with Crippen LogP contribution in [0.4, 0.5) is 5.69 Å². The van der Waals surface area contributed by atoms with Gasteiger partial charge < -0.3 is 19.5 Å². The van der Waals surface area contributed by atoms with E-state index in [9.17, 15) is 4.79 Å². The van der Waals surface area contributed by atoms with Gasteiger partial charge in [-0.1, -0.05) is 12.1 Å². The molecule has 0 saturated carbocycles. The van der Waals surface area contributed by atoms with E-state index in [2.05, 4.69) is 5.32 Å². The summed E-state index contributed by atoms with van der Waals surface area (Å²) in [6.45, 7) is 3.25. The Kier molecular flexibility index (Phi) is 4.89. The smallest absolute Gasteiger partial charge is 0.228 e. The van der Waals surface area contributed by atoms with Crippen LogP contribution in [0.2, 0.25) is 0 Å². The van der Waals surface area contributed by atoms with Crippen molar-refractivity contribution in [3.63, 3.8) is 0 Å². The van der Waals surface area contributed by atoms with Crippen LogP contribution in [-0.4, -0.2) is 26.2 Å². The fourth-order valence-electron chi connectivity index (χ4n) is 2.62. The van der Waals surface area contributed by atoms with Gasteiger partial charge in [0.2, 0.25) is 5.91 Å². The van der Waals surface area contributed by atoms with Crippen molar-refractivity contribution in [1.82, 2.24) is 0 Å². The van der Waals surface area contributed by atoms with E-state index >= 15 is 0 Å². The Hall–Kier alpha value is -2.69. The zero-order valence-corrected chi connectivity index (χ0v) is 13.9. The van der Waals surface area contributed by atoms with Crippen LogP contribution < -0.4 is 19.5 Å². The first kappa shape index (κ1) is 16.2. The summed E-state index contributed by atoms with van der Waals surface area (Å²) in [4.78, 5) is 12.4. The molecule has 3 rings (SSSR count). The number of rotatable bonds is 4. The molecule has 0 unspecified atom stereocenters. The molecule has 24 heavy (non-hydrogen) atoms. The third kappa shape index (κ3) is 3.79. The molecule has 0 radical (unpaired) electrons. The van der Waals surface area contributed by atoms with Crippen molar-refractivity contribution in [2.45, 2.75) is 19.8 Å². The summed E-state index contributed by atoms with van der Waals surface area (Å²) in [7, 11) is 1.59. The van der Waals surface area contributed by atoms with Crippen LogP contribution in [0.15, 0.2) is 36.4 Å². The third-order valence-corrected chi connectivity index (χ3v) is 3.81. The van der Waals surface area contributed by atoms with Crippen LogP contribution in [-0.2, 0) is 11.2 Å². The minimum atomic E-state index is -0.103. The monoisotopic (exact) mass is 327 g/mol. The van der Waals surface area contributed by atoms with Gasteiger partial charge in [-0.25, -0.2) is 0 Å². The number of anilines is 1. The van der Waals surface area contributed by atoms with Crippen LogP contribution in [0.1, 0.15) is 17.5 Å². The zero-order chi connectivity index (χ0) is 16.9. The first-order valence-electron chi connectivity index (χ1n) is 7.99. The highest BCUT2D eigenvalue weighted by atomic mass is 16.5. The molecule has 126 valence electrons. The number of fused-ring (bicyclic) bond motifs is 1. The van der Waals surface area contributed by atoms with Gasteiger partial charge in [0, 0.05) is 6.42 Å². The molecule has 1 aliphatic rings. The van der Waals surface area contributed by atoms with E-state index in [0.717, 1.165) is 23.3 Å². The van der Waals surface area contributed by atoms with Gasteiger partial charge in [0.05, 0.1) is 32.4 Å². The number of hydrogen-bond donors (Lipinski definition) is 1. The topological polar surface area (TPSA) is 56.8 Å². The number of amides is 1. The maximum absolute atomic E-state index is 12.4. The van der Waals surface area contributed by atoms with Gasteiger partial charge in [-0.05, 0) is 42.3 Å². The van der Waals surface area contributed by atoms with Gasteiger partial charge in [-0.3, -0.25) is 4.79 Å². The third-order valence-electron chi connectivity index (χ3n) is 3.81. The summed E-state index contributed by atoms with van der Waals surface area (Å²) in [5.41, 5.74) is 2.61. The number of benzene rings is 2. The molecule has 2 aromatic rings. The Morgan fingerprint density at radius 2 is 1.92 bits per heavy atom. The molecular formula is C19H21NO4. The van der Waals surface area contributed by atoms with Crippen molar-refractivity contribution < 1.29 is 19.0 Å². The average Bonchev–Trinajstić information content (AvgIpc) is 2.80. The van der Waals surface area contributed by atoms with E-state index in [1.165, 1.54) is 0 Å². The quantitative estimate of drug-likeness (QED) is 0.936. The summed E-state index contributed by atoms with van der Waals surface area (Å²) in [5.74, 6) is 1.98. The molecular weight excluding hydrogens is 306 g/mol. The molecule has 0 atom stereocenters. The Labute approximate surface area is 141 Å². The van der Waals surface area contributed by atoms with Crippen LogP contribution in [0, 0.1) is 6.92 Å². The molecule has 0 fully saturated rings. The fourth-order valence-corrected chi connectivity index (χ4v) is 2.62. The van der Waals surface area contributed by atoms with Crippen molar-refractivity contribution in [3.05, 3.63) is 47.5 Å². The fraction of sp³-hybridized carbons (Fsp3) is 0.316. The number of carbonyl (C=O) groups excluding carboxylic acids is 1. The highest BCUT2D eigenvalue weighted by Crippen LogP contribution is 2.31. The van der Waals surface area contributed by atoms with Gasteiger partial charge >= 0.3 is 0 Å². The van der Waals surface area contributed by atoms with E-state index in [-0.39, 0.29) is 12.3 Å². The second-order valence-electron chi connectivity index (χ2n) is 5.76. The van der Waals surface area contributed by atoms with E-state index in [0.29, 0.717) is 30.4 Å². The molecule has 1 aliphatic heterocycles. The second-order valence-corrected chi connectivity index (χ2v) is 5.76. The standard InChI is InChI=1S/C19H21NO4/c1-13-4-6-16(22-2)15(10-13)20-19(21)12-14-5-7-17-18(11-14)24-9-3-8-23-17/h4-7,10-11H,3,8-9,12H2,1-2H3,(H,20,21). The molecule has 2 aromatic carbocycles. The van der Waals surface area contributed by atoms with Gasteiger partial charge in [-0.2, -0.15) is 0 Å². The van der Waals surface area contributed by atoms with Crippen LogP contribution in [0.25, 0.3) is 0 Å². The number of aryl methyl sites for hydroxylation is 1. The van der Waals surface area contributed by atoms with Crippen molar-refractivity contribution in [1.29, 1.82) is 0 Å². The summed E-state index contributed by atoms with van der Waals surface area (Å²) in [5, 5.41) is 2.91. The molecule has 1 heterocycles. The Bertz CT molecular complexity index is 742. The molecule has 0 aromatic heterocycles. The van der Waals surface area contributed by atoms with Crippen molar-refractivity contribution in [2.75, 3.05) is 25.6 Å². The maximum Gasteiger partial charge on any atom is 0.228 e. The molecule has 0 saturated heterocycles. The highest BCUT2D eigenvalue weighted by Gasteiger charge is 2.13. The summed E-state index contributed by atoms with van der Waals surface area (Å²) < 4.78 is 16.6. The lowest BCUT2D eigenvalue weighted by Gasteiger charge is -2.12. The summed E-state index contributed by atoms with van der Waals surface area (Å²) in [6, 6.07) is 11.3. The summed E-state index contributed by atoms with van der Waals surface area (Å²) in [6.07, 6.45) is 1.12. The number of hydrogen-bond acceptors (Lipinski definition) is 4. The molecule has 0 bridgehead atoms. The lowest BCUT2D eigenvalue weighted by Crippen LogP contribution is -2.15. The molecule has 5 heteroatoms. The van der Waals surface area contributed by atoms with Crippen molar-refractivity contribution in [3.8, 4) is 17.2 Å². The lowest BCUT2D eigenvalue weighted by molar-refractivity contribution is -0.115. The number of ether oxygens (including phenoxy) is 3. The van der Waals surface area contributed by atoms with Gasteiger partial charge in [-0.15, -0.1) is 0 Å². The van der Waals surface area contributed by atoms with Gasteiger partial charge in [0.1, 0.15) is 5.75 Å². The second kappa shape index (κ2) is 7.25. The lowest BCUT2D eigenvalue weighted by atomic mass is 10.1. The SMILES string of the molecule is COc1ccc(C)cc1NC(=O)Cc1ccc2c(c1)OCCCO2. The van der Waals surface area contributed by atoms with Crippen LogP contribution in [0.5, 0.6) is 17.2 Å². The average molecular weight is 327 g/mol. The Balaban J connectivity index is 1.71. The Morgan fingerprint density at radius 1 is 1.12 bits per heavy atom. The van der Waals surface area contributed by atoms with E-state index in [4.69, 9.17) is 14.2 Å².